The van der Waals surface area contributed by atoms with Crippen molar-refractivity contribution >= 4 is 5.97 Å². The zero-order valence-corrected chi connectivity index (χ0v) is 28.2. The van der Waals surface area contributed by atoms with Crippen molar-refractivity contribution in [3.05, 3.63) is 108 Å². The van der Waals surface area contributed by atoms with Gasteiger partial charge in [-0.2, -0.15) is 0 Å². The number of ether oxygens (including phenoxy) is 10. The number of hydrogen-bond acceptors (Lipinski definition) is 12. The first kappa shape index (κ1) is 37.0. The Balaban J connectivity index is 1.48. The van der Waals surface area contributed by atoms with Gasteiger partial charge in [-0.15, -0.1) is 0 Å². The summed E-state index contributed by atoms with van der Waals surface area (Å²) < 4.78 is 60.7. The molecule has 0 saturated carbocycles. The number of hydrogen-bond donors (Lipinski definition) is 1. The highest BCUT2D eigenvalue weighted by Gasteiger charge is 2.54. The van der Waals surface area contributed by atoms with Crippen molar-refractivity contribution in [2.24, 2.45) is 0 Å². The van der Waals surface area contributed by atoms with Crippen molar-refractivity contribution in [1.29, 1.82) is 0 Å². The minimum absolute atomic E-state index is 0.0805. The molecule has 3 aromatic rings. The highest BCUT2D eigenvalue weighted by molar-refractivity contribution is 5.75. The molecule has 1 N–H and O–H groups in total. The van der Waals surface area contributed by atoms with Crippen LogP contribution in [-0.2, 0) is 72.0 Å². The summed E-state index contributed by atoms with van der Waals surface area (Å²) in [6, 6.07) is 29.2. The number of aliphatic hydroxyl groups is 1. The molecule has 2 aliphatic rings. The van der Waals surface area contributed by atoms with Crippen LogP contribution in [0.5, 0.6) is 0 Å². The van der Waals surface area contributed by atoms with Gasteiger partial charge in [0.05, 0.1) is 33.5 Å². The fourth-order valence-electron chi connectivity index (χ4n) is 6.05. The summed E-state index contributed by atoms with van der Waals surface area (Å²) in [5, 5.41) is 11.0. The van der Waals surface area contributed by atoms with E-state index in [9.17, 15) is 9.90 Å². The van der Waals surface area contributed by atoms with Gasteiger partial charge >= 0.3 is 5.97 Å². The molecule has 10 atom stereocenters. The summed E-state index contributed by atoms with van der Waals surface area (Å²) >= 11 is 0. The Morgan fingerprint density at radius 1 is 0.612 bits per heavy atom. The van der Waals surface area contributed by atoms with Crippen LogP contribution in [0.4, 0.5) is 0 Å². The maximum absolute atomic E-state index is 12.7. The lowest BCUT2D eigenvalue weighted by Crippen LogP contribution is -2.66. The van der Waals surface area contributed by atoms with Crippen LogP contribution in [0.15, 0.2) is 91.0 Å². The van der Waals surface area contributed by atoms with E-state index in [0.717, 1.165) is 16.7 Å². The normalized spacial score (nSPS) is 30.1. The van der Waals surface area contributed by atoms with Gasteiger partial charge in [0, 0.05) is 21.3 Å². The van der Waals surface area contributed by atoms with E-state index in [-0.39, 0.29) is 19.8 Å². The van der Waals surface area contributed by atoms with Crippen LogP contribution in [0.3, 0.4) is 0 Å². The van der Waals surface area contributed by atoms with Crippen molar-refractivity contribution in [2.75, 3.05) is 35.0 Å². The molecular weight excluding hydrogens is 636 g/mol. The summed E-state index contributed by atoms with van der Waals surface area (Å²) in [7, 11) is 5.59. The van der Waals surface area contributed by atoms with Gasteiger partial charge < -0.3 is 52.5 Å². The van der Waals surface area contributed by atoms with E-state index in [2.05, 4.69) is 0 Å². The summed E-state index contributed by atoms with van der Waals surface area (Å²) in [5.41, 5.74) is 2.85. The van der Waals surface area contributed by atoms with E-state index < -0.39 is 67.4 Å². The highest BCUT2D eigenvalue weighted by atomic mass is 16.8. The van der Waals surface area contributed by atoms with E-state index in [0.29, 0.717) is 6.61 Å². The molecule has 2 fully saturated rings. The maximum atomic E-state index is 12.7. The first-order valence-corrected chi connectivity index (χ1v) is 16.2. The molecule has 0 bridgehead atoms. The minimum Gasteiger partial charge on any atom is -0.467 e. The third-order valence-corrected chi connectivity index (χ3v) is 8.58. The SMILES string of the molecule is COC(=O)C1O[C@@H](O[C@H]2C(OCc3ccccc3)C(OCc3ccccc3)[C@@H](OC)O[C@H]2COCc2ccccc2)C(OC)[C@H](OC)[C@H]1O. The maximum Gasteiger partial charge on any atom is 0.337 e. The topological polar surface area (TPSA) is 130 Å². The van der Waals surface area contributed by atoms with Gasteiger partial charge in [0.2, 0.25) is 0 Å². The number of carbonyl (C=O) groups excluding carboxylic acids is 1. The number of carbonyl (C=O) groups is 1. The molecule has 2 saturated heterocycles. The van der Waals surface area contributed by atoms with Gasteiger partial charge in [-0.1, -0.05) is 91.0 Å². The Kier molecular flexibility index (Phi) is 14.1. The van der Waals surface area contributed by atoms with Gasteiger partial charge in [0.25, 0.3) is 0 Å². The average Bonchev–Trinajstić information content (AvgIpc) is 3.15. The highest BCUT2D eigenvalue weighted by Crippen LogP contribution is 2.35. The van der Waals surface area contributed by atoms with Crippen LogP contribution in [0.25, 0.3) is 0 Å². The molecule has 2 heterocycles. The second-order valence-electron chi connectivity index (χ2n) is 11.7. The first-order chi connectivity index (χ1) is 24.0. The van der Waals surface area contributed by atoms with E-state index in [1.54, 1.807) is 0 Å². The Morgan fingerprint density at radius 2 is 1.14 bits per heavy atom. The van der Waals surface area contributed by atoms with Gasteiger partial charge in [-0.3, -0.25) is 0 Å². The van der Waals surface area contributed by atoms with Crippen molar-refractivity contribution in [1.82, 2.24) is 0 Å². The predicted octanol–water partition coefficient (Wildman–Crippen LogP) is 3.42. The van der Waals surface area contributed by atoms with Crippen LogP contribution in [0, 0.1) is 0 Å². The standard InChI is InChI=1S/C37H46O12/c1-40-30-28(38)31(35(39)42-3)49-37(33(30)41-2)48-29-27(23-44-20-24-14-8-5-9-15-24)47-36(43-4)34(46-22-26-18-12-7-13-19-26)32(29)45-21-25-16-10-6-11-17-25/h5-19,27-34,36-38H,20-23H2,1-4H3/t27-,28+,29+,30+,31?,32?,33?,34?,36-,37+/m0/s1. The molecular formula is C37H46O12. The van der Waals surface area contributed by atoms with Gasteiger partial charge in [0.15, 0.2) is 18.7 Å². The Hall–Kier alpha value is -3.27. The van der Waals surface area contributed by atoms with Crippen LogP contribution in [0.1, 0.15) is 16.7 Å². The van der Waals surface area contributed by atoms with Crippen LogP contribution < -0.4 is 0 Å². The molecule has 0 aromatic heterocycles. The number of aliphatic hydroxyl groups excluding tert-OH is 1. The molecule has 3 aromatic carbocycles. The number of rotatable bonds is 16. The lowest BCUT2D eigenvalue weighted by atomic mass is 9.96. The van der Waals surface area contributed by atoms with E-state index >= 15 is 0 Å². The third-order valence-electron chi connectivity index (χ3n) is 8.58. The predicted molar refractivity (Wildman–Crippen MR) is 175 cm³/mol. The first-order valence-electron chi connectivity index (χ1n) is 16.2. The van der Waals surface area contributed by atoms with Crippen LogP contribution in [0.2, 0.25) is 0 Å². The molecule has 0 radical (unpaired) electrons. The molecule has 5 rings (SSSR count). The molecule has 0 aliphatic carbocycles. The monoisotopic (exact) mass is 682 g/mol. The molecule has 0 amide bonds. The van der Waals surface area contributed by atoms with Gasteiger partial charge in [0.1, 0.15) is 42.7 Å². The van der Waals surface area contributed by atoms with E-state index in [1.165, 1.54) is 28.4 Å². The second-order valence-corrected chi connectivity index (χ2v) is 11.7. The molecule has 0 spiro atoms. The second kappa shape index (κ2) is 18.6. The number of methoxy groups -OCH3 is 4. The third kappa shape index (κ3) is 9.50. The summed E-state index contributed by atoms with van der Waals surface area (Å²) in [6.45, 7) is 0.855. The molecule has 2 aliphatic heterocycles. The largest absolute Gasteiger partial charge is 0.467 e. The van der Waals surface area contributed by atoms with Crippen molar-refractivity contribution in [3.8, 4) is 0 Å². The fourth-order valence-corrected chi connectivity index (χ4v) is 6.05. The minimum atomic E-state index is -1.41. The number of esters is 1. The van der Waals surface area contributed by atoms with E-state index in [1.807, 2.05) is 91.0 Å². The smallest absolute Gasteiger partial charge is 0.337 e. The summed E-state index contributed by atoms with van der Waals surface area (Å²) in [6.07, 6.45) is -10.1. The quantitative estimate of drug-likeness (QED) is 0.222. The summed E-state index contributed by atoms with van der Waals surface area (Å²) in [4.78, 5) is 12.7. The Morgan fingerprint density at radius 3 is 1.65 bits per heavy atom. The molecule has 12 heteroatoms. The Bertz CT molecular complexity index is 1380. The van der Waals surface area contributed by atoms with E-state index in [4.69, 9.17) is 47.4 Å². The lowest BCUT2D eigenvalue weighted by Gasteiger charge is -2.48. The van der Waals surface area contributed by atoms with Crippen LogP contribution >= 0.6 is 0 Å². The zero-order valence-electron chi connectivity index (χ0n) is 28.2. The Labute approximate surface area is 287 Å². The molecule has 49 heavy (non-hydrogen) atoms. The van der Waals surface area contributed by atoms with Crippen molar-refractivity contribution in [2.45, 2.75) is 81.2 Å². The molecule has 12 nitrogen and oxygen atoms in total. The van der Waals surface area contributed by atoms with Crippen LogP contribution in [-0.4, -0.2) is 108 Å². The van der Waals surface area contributed by atoms with Crippen molar-refractivity contribution < 1.29 is 57.3 Å². The average molecular weight is 683 g/mol. The van der Waals surface area contributed by atoms with Crippen molar-refractivity contribution in [3.63, 3.8) is 0 Å². The fraction of sp³-hybridized carbons (Fsp3) is 0.486. The lowest BCUT2D eigenvalue weighted by molar-refractivity contribution is -0.366. The van der Waals surface area contributed by atoms with Gasteiger partial charge in [-0.05, 0) is 16.7 Å². The zero-order chi connectivity index (χ0) is 34.6. The molecule has 4 unspecified atom stereocenters. The summed E-state index contributed by atoms with van der Waals surface area (Å²) in [5.74, 6) is -0.791. The molecule has 266 valence electrons. The number of benzene rings is 3. The van der Waals surface area contributed by atoms with Gasteiger partial charge in [-0.25, -0.2) is 4.79 Å².